The topological polar surface area (TPSA) is 59.3 Å². The van der Waals surface area contributed by atoms with Crippen molar-refractivity contribution >= 4 is 17.4 Å². The SMILES string of the molecule is Cc1ccc(C(=O)Nc2ccc(C(=O)c3ccccc3)cc2)o1. The van der Waals surface area contributed by atoms with Crippen molar-refractivity contribution in [3.8, 4) is 0 Å². The number of benzene rings is 2. The molecule has 0 aliphatic carbocycles. The van der Waals surface area contributed by atoms with Gasteiger partial charge < -0.3 is 9.73 Å². The molecule has 3 aromatic rings. The summed E-state index contributed by atoms with van der Waals surface area (Å²) in [7, 11) is 0. The first kappa shape index (κ1) is 14.8. The van der Waals surface area contributed by atoms with Crippen LogP contribution in [0.2, 0.25) is 0 Å². The Morgan fingerprint density at radius 2 is 1.48 bits per heavy atom. The zero-order chi connectivity index (χ0) is 16.2. The van der Waals surface area contributed by atoms with Crippen molar-refractivity contribution in [2.45, 2.75) is 6.92 Å². The average Bonchev–Trinajstić information content (AvgIpc) is 3.02. The fourth-order valence-electron chi connectivity index (χ4n) is 2.21. The summed E-state index contributed by atoms with van der Waals surface area (Å²) in [5, 5.41) is 2.73. The molecule has 114 valence electrons. The van der Waals surface area contributed by atoms with Gasteiger partial charge in [0.05, 0.1) is 0 Å². The van der Waals surface area contributed by atoms with E-state index in [-0.39, 0.29) is 17.5 Å². The van der Waals surface area contributed by atoms with Crippen LogP contribution in [-0.4, -0.2) is 11.7 Å². The van der Waals surface area contributed by atoms with Crippen LogP contribution < -0.4 is 5.32 Å². The van der Waals surface area contributed by atoms with Crippen molar-refractivity contribution in [1.82, 2.24) is 0 Å². The summed E-state index contributed by atoms with van der Waals surface area (Å²) >= 11 is 0. The van der Waals surface area contributed by atoms with Gasteiger partial charge in [-0.05, 0) is 43.3 Å². The van der Waals surface area contributed by atoms with E-state index in [1.54, 1.807) is 55.5 Å². The van der Waals surface area contributed by atoms with Crippen molar-refractivity contribution in [2.75, 3.05) is 5.32 Å². The van der Waals surface area contributed by atoms with Gasteiger partial charge in [0.1, 0.15) is 5.76 Å². The van der Waals surface area contributed by atoms with E-state index in [9.17, 15) is 9.59 Å². The summed E-state index contributed by atoms with van der Waals surface area (Å²) in [6.45, 7) is 1.78. The second-order valence-corrected chi connectivity index (χ2v) is 5.14. The fourth-order valence-corrected chi connectivity index (χ4v) is 2.21. The Kier molecular flexibility index (Phi) is 4.06. The van der Waals surface area contributed by atoms with Crippen LogP contribution in [0.4, 0.5) is 5.69 Å². The molecule has 1 N–H and O–H groups in total. The Morgan fingerprint density at radius 3 is 2.09 bits per heavy atom. The second-order valence-electron chi connectivity index (χ2n) is 5.14. The molecule has 1 heterocycles. The van der Waals surface area contributed by atoms with E-state index >= 15 is 0 Å². The third kappa shape index (κ3) is 3.37. The maximum absolute atomic E-state index is 12.3. The minimum Gasteiger partial charge on any atom is -0.456 e. The number of carbonyl (C=O) groups is 2. The molecule has 0 aliphatic rings. The summed E-state index contributed by atoms with van der Waals surface area (Å²) in [4.78, 5) is 24.3. The Bertz CT molecular complexity index is 833. The summed E-state index contributed by atoms with van der Waals surface area (Å²) < 4.78 is 5.27. The predicted octanol–water partition coefficient (Wildman–Crippen LogP) is 4.07. The maximum Gasteiger partial charge on any atom is 0.291 e. The molecule has 3 rings (SSSR count). The number of nitrogens with one attached hydrogen (secondary N) is 1. The van der Waals surface area contributed by atoms with Gasteiger partial charge in [0.2, 0.25) is 0 Å². The molecule has 0 saturated heterocycles. The second kappa shape index (κ2) is 6.32. The largest absolute Gasteiger partial charge is 0.456 e. The minimum absolute atomic E-state index is 0.0508. The van der Waals surface area contributed by atoms with Crippen molar-refractivity contribution in [3.05, 3.63) is 89.4 Å². The van der Waals surface area contributed by atoms with Gasteiger partial charge in [-0.1, -0.05) is 30.3 Å². The molecular formula is C19H15NO3. The number of anilines is 1. The van der Waals surface area contributed by atoms with E-state index in [0.29, 0.717) is 22.6 Å². The van der Waals surface area contributed by atoms with E-state index in [1.807, 2.05) is 18.2 Å². The van der Waals surface area contributed by atoms with Gasteiger partial charge >= 0.3 is 0 Å². The van der Waals surface area contributed by atoms with Crippen LogP contribution in [0.25, 0.3) is 0 Å². The van der Waals surface area contributed by atoms with Gasteiger partial charge in [0.25, 0.3) is 5.91 Å². The van der Waals surface area contributed by atoms with E-state index in [0.717, 1.165) is 0 Å². The number of aryl methyl sites for hydroxylation is 1. The summed E-state index contributed by atoms with van der Waals surface area (Å²) in [5.41, 5.74) is 1.81. The molecular weight excluding hydrogens is 290 g/mol. The molecule has 0 aliphatic heterocycles. The predicted molar refractivity (Wildman–Crippen MR) is 87.7 cm³/mol. The minimum atomic E-state index is -0.319. The van der Waals surface area contributed by atoms with Crippen LogP contribution in [0.1, 0.15) is 32.2 Å². The molecule has 0 spiro atoms. The monoisotopic (exact) mass is 305 g/mol. The summed E-state index contributed by atoms with van der Waals surface area (Å²) in [6.07, 6.45) is 0. The van der Waals surface area contributed by atoms with Gasteiger partial charge in [-0.15, -0.1) is 0 Å². The summed E-state index contributed by atoms with van der Waals surface area (Å²) in [5.74, 6) is 0.566. The van der Waals surface area contributed by atoms with Crippen molar-refractivity contribution in [3.63, 3.8) is 0 Å². The van der Waals surface area contributed by atoms with Crippen LogP contribution in [0, 0.1) is 6.92 Å². The van der Waals surface area contributed by atoms with E-state index < -0.39 is 0 Å². The molecule has 23 heavy (non-hydrogen) atoms. The molecule has 4 heteroatoms. The molecule has 0 fully saturated rings. The van der Waals surface area contributed by atoms with Crippen LogP contribution in [-0.2, 0) is 0 Å². The van der Waals surface area contributed by atoms with Crippen molar-refractivity contribution in [1.29, 1.82) is 0 Å². The van der Waals surface area contributed by atoms with Gasteiger partial charge in [0.15, 0.2) is 11.5 Å². The average molecular weight is 305 g/mol. The Morgan fingerprint density at radius 1 is 0.826 bits per heavy atom. The van der Waals surface area contributed by atoms with Crippen LogP contribution >= 0.6 is 0 Å². The molecule has 1 amide bonds. The Labute approximate surface area is 133 Å². The van der Waals surface area contributed by atoms with E-state index in [4.69, 9.17) is 4.42 Å². The highest BCUT2D eigenvalue weighted by Crippen LogP contribution is 2.15. The normalized spacial score (nSPS) is 10.3. The maximum atomic E-state index is 12.3. The smallest absolute Gasteiger partial charge is 0.291 e. The molecule has 0 unspecified atom stereocenters. The number of amides is 1. The highest BCUT2D eigenvalue weighted by molar-refractivity contribution is 6.09. The summed E-state index contributed by atoms with van der Waals surface area (Å²) in [6, 6.07) is 19.2. The standard InChI is InChI=1S/C19H15NO3/c1-13-7-12-17(23-13)19(22)20-16-10-8-15(9-11-16)18(21)14-5-3-2-4-6-14/h2-12H,1H3,(H,20,22). The Hall–Kier alpha value is -3.14. The number of ketones is 1. The molecule has 0 atom stereocenters. The van der Waals surface area contributed by atoms with E-state index in [1.165, 1.54) is 0 Å². The van der Waals surface area contributed by atoms with Gasteiger partial charge in [0, 0.05) is 16.8 Å². The van der Waals surface area contributed by atoms with Crippen LogP contribution in [0.5, 0.6) is 0 Å². The molecule has 1 aromatic heterocycles. The number of rotatable bonds is 4. The molecule has 2 aromatic carbocycles. The third-order valence-electron chi connectivity index (χ3n) is 3.41. The zero-order valence-corrected chi connectivity index (χ0v) is 12.6. The first-order valence-electron chi connectivity index (χ1n) is 7.21. The lowest BCUT2D eigenvalue weighted by atomic mass is 10.0. The molecule has 0 saturated carbocycles. The first-order valence-corrected chi connectivity index (χ1v) is 7.21. The highest BCUT2D eigenvalue weighted by Gasteiger charge is 2.11. The Balaban J connectivity index is 1.72. The highest BCUT2D eigenvalue weighted by atomic mass is 16.3. The number of carbonyl (C=O) groups excluding carboxylic acids is 2. The zero-order valence-electron chi connectivity index (χ0n) is 12.6. The molecule has 0 radical (unpaired) electrons. The lowest BCUT2D eigenvalue weighted by molar-refractivity contribution is 0.0994. The van der Waals surface area contributed by atoms with Gasteiger partial charge in [-0.25, -0.2) is 0 Å². The van der Waals surface area contributed by atoms with Crippen molar-refractivity contribution in [2.24, 2.45) is 0 Å². The molecule has 4 nitrogen and oxygen atoms in total. The van der Waals surface area contributed by atoms with E-state index in [2.05, 4.69) is 5.32 Å². The first-order chi connectivity index (χ1) is 11.1. The number of hydrogen-bond donors (Lipinski definition) is 1. The lowest BCUT2D eigenvalue weighted by Crippen LogP contribution is -2.11. The van der Waals surface area contributed by atoms with Crippen molar-refractivity contribution < 1.29 is 14.0 Å². The molecule has 0 bridgehead atoms. The van der Waals surface area contributed by atoms with Crippen LogP contribution in [0.3, 0.4) is 0 Å². The van der Waals surface area contributed by atoms with Gasteiger partial charge in [-0.2, -0.15) is 0 Å². The quantitative estimate of drug-likeness (QED) is 0.739. The lowest BCUT2D eigenvalue weighted by Gasteiger charge is -2.05. The van der Waals surface area contributed by atoms with Gasteiger partial charge in [-0.3, -0.25) is 9.59 Å². The van der Waals surface area contributed by atoms with Crippen LogP contribution in [0.15, 0.2) is 71.1 Å². The third-order valence-corrected chi connectivity index (χ3v) is 3.41. The number of hydrogen-bond acceptors (Lipinski definition) is 3. The number of furan rings is 1. The fraction of sp³-hybridized carbons (Fsp3) is 0.0526.